The number of hydrogen-bond acceptors (Lipinski definition) is 4. The molecule has 1 aromatic rings. The van der Waals surface area contributed by atoms with Crippen molar-refractivity contribution in [2.75, 3.05) is 11.9 Å². The number of nitrogens with zero attached hydrogens (tertiary/aromatic N) is 3. The molecule has 0 amide bonds. The summed E-state index contributed by atoms with van der Waals surface area (Å²) in [6.07, 6.45) is 4.98. The monoisotopic (exact) mass is 256 g/mol. The van der Waals surface area contributed by atoms with Gasteiger partial charge in [0.15, 0.2) is 0 Å². The minimum absolute atomic E-state index is 0.541. The van der Waals surface area contributed by atoms with Crippen molar-refractivity contribution in [3.8, 4) is 6.07 Å². The maximum atomic E-state index is 9.07. The number of nitriles is 1. The molecule has 2 aliphatic rings. The number of piperidine rings is 1. The van der Waals surface area contributed by atoms with Crippen molar-refractivity contribution < 1.29 is 0 Å². The zero-order chi connectivity index (χ0) is 13.4. The highest BCUT2D eigenvalue weighted by atomic mass is 15.2. The highest BCUT2D eigenvalue weighted by Crippen LogP contribution is 2.31. The first-order valence-corrected chi connectivity index (χ1v) is 7.03. The first-order chi connectivity index (χ1) is 9.15. The quantitative estimate of drug-likeness (QED) is 0.879. The van der Waals surface area contributed by atoms with Crippen LogP contribution in [0.3, 0.4) is 0 Å². The van der Waals surface area contributed by atoms with E-state index in [2.05, 4.69) is 28.3 Å². The fourth-order valence-electron chi connectivity index (χ4n) is 3.43. The Morgan fingerprint density at radius 1 is 1.32 bits per heavy atom. The Labute approximate surface area is 114 Å². The molecule has 2 aliphatic heterocycles. The predicted molar refractivity (Wildman–Crippen MR) is 75.1 cm³/mol. The highest BCUT2D eigenvalue weighted by Gasteiger charge is 2.35. The average molecular weight is 256 g/mol. The molecular weight excluding hydrogens is 236 g/mol. The molecule has 19 heavy (non-hydrogen) atoms. The average Bonchev–Trinajstić information content (AvgIpc) is 2.75. The molecule has 0 aromatic carbocycles. The van der Waals surface area contributed by atoms with Crippen LogP contribution in [-0.4, -0.2) is 30.2 Å². The van der Waals surface area contributed by atoms with E-state index in [1.54, 1.807) is 0 Å². The molecule has 1 N–H and O–H groups in total. The molecule has 0 aliphatic carbocycles. The summed E-state index contributed by atoms with van der Waals surface area (Å²) in [6, 6.07) is 7.84. The molecule has 0 spiro atoms. The molecule has 1 aromatic heterocycles. The lowest BCUT2D eigenvalue weighted by Crippen LogP contribution is -2.47. The van der Waals surface area contributed by atoms with E-state index in [1.165, 1.54) is 25.7 Å². The fraction of sp³-hybridized carbons (Fsp3) is 0.600. The van der Waals surface area contributed by atoms with Crippen LogP contribution in [-0.2, 0) is 0 Å². The number of nitrogens with one attached hydrogen (secondary N) is 1. The summed E-state index contributed by atoms with van der Waals surface area (Å²) in [6.45, 7) is 1.95. The molecule has 4 heteroatoms. The number of aryl methyl sites for hydroxylation is 1. The molecule has 4 nitrogen and oxygen atoms in total. The Hall–Kier alpha value is -1.60. The first-order valence-electron chi connectivity index (χ1n) is 7.03. The van der Waals surface area contributed by atoms with Crippen LogP contribution in [0.4, 0.5) is 5.82 Å². The molecule has 2 bridgehead atoms. The van der Waals surface area contributed by atoms with Crippen LogP contribution >= 0.6 is 0 Å². The van der Waals surface area contributed by atoms with Gasteiger partial charge in [0.2, 0.25) is 0 Å². The van der Waals surface area contributed by atoms with Crippen molar-refractivity contribution in [2.45, 2.75) is 50.7 Å². The van der Waals surface area contributed by atoms with Crippen LogP contribution < -0.4 is 10.2 Å². The van der Waals surface area contributed by atoms with Gasteiger partial charge in [0.1, 0.15) is 5.82 Å². The summed E-state index contributed by atoms with van der Waals surface area (Å²) in [4.78, 5) is 6.85. The molecule has 2 atom stereocenters. The maximum absolute atomic E-state index is 9.07. The third-order valence-electron chi connectivity index (χ3n) is 4.43. The second kappa shape index (κ2) is 4.82. The van der Waals surface area contributed by atoms with Crippen molar-refractivity contribution in [1.82, 2.24) is 10.3 Å². The lowest BCUT2D eigenvalue weighted by atomic mass is 9.98. The normalized spacial score (nSPS) is 29.0. The van der Waals surface area contributed by atoms with Gasteiger partial charge in [0.05, 0.1) is 11.6 Å². The van der Waals surface area contributed by atoms with E-state index in [4.69, 9.17) is 5.26 Å². The number of anilines is 1. The van der Waals surface area contributed by atoms with E-state index in [0.717, 1.165) is 11.5 Å². The van der Waals surface area contributed by atoms with Crippen LogP contribution in [0.15, 0.2) is 12.1 Å². The van der Waals surface area contributed by atoms with Gasteiger partial charge < -0.3 is 10.2 Å². The zero-order valence-corrected chi connectivity index (χ0v) is 11.6. The van der Waals surface area contributed by atoms with Crippen molar-refractivity contribution in [2.24, 2.45) is 0 Å². The highest BCUT2D eigenvalue weighted by molar-refractivity contribution is 5.47. The van der Waals surface area contributed by atoms with E-state index in [0.29, 0.717) is 23.7 Å². The number of rotatable bonds is 2. The van der Waals surface area contributed by atoms with Crippen LogP contribution in [0.2, 0.25) is 0 Å². The Morgan fingerprint density at radius 3 is 2.63 bits per heavy atom. The lowest BCUT2D eigenvalue weighted by molar-refractivity contribution is 0.354. The minimum Gasteiger partial charge on any atom is -0.357 e. The number of fused-ring (bicyclic) bond motifs is 2. The second-order valence-corrected chi connectivity index (χ2v) is 5.84. The molecule has 0 saturated carbocycles. The van der Waals surface area contributed by atoms with Crippen LogP contribution in [0.5, 0.6) is 0 Å². The van der Waals surface area contributed by atoms with Gasteiger partial charge >= 0.3 is 0 Å². The van der Waals surface area contributed by atoms with E-state index in [1.807, 2.05) is 19.1 Å². The minimum atomic E-state index is 0.541. The molecule has 100 valence electrons. The van der Waals surface area contributed by atoms with Gasteiger partial charge in [0.25, 0.3) is 0 Å². The summed E-state index contributed by atoms with van der Waals surface area (Å²) in [5.74, 6) is 0.933. The second-order valence-electron chi connectivity index (χ2n) is 5.84. The van der Waals surface area contributed by atoms with Crippen molar-refractivity contribution in [3.63, 3.8) is 0 Å². The summed E-state index contributed by atoms with van der Waals surface area (Å²) in [5.41, 5.74) is 1.61. The van der Waals surface area contributed by atoms with Crippen molar-refractivity contribution in [1.29, 1.82) is 5.26 Å². The van der Waals surface area contributed by atoms with Gasteiger partial charge in [-0.3, -0.25) is 0 Å². The van der Waals surface area contributed by atoms with Crippen molar-refractivity contribution >= 4 is 5.82 Å². The maximum Gasteiger partial charge on any atom is 0.130 e. The van der Waals surface area contributed by atoms with Crippen LogP contribution in [0, 0.1) is 18.3 Å². The van der Waals surface area contributed by atoms with Crippen LogP contribution in [0.25, 0.3) is 0 Å². The zero-order valence-electron chi connectivity index (χ0n) is 11.6. The Kier molecular flexibility index (Phi) is 3.16. The van der Waals surface area contributed by atoms with Gasteiger partial charge in [-0.25, -0.2) is 4.98 Å². The summed E-state index contributed by atoms with van der Waals surface area (Å²) >= 11 is 0. The summed E-state index contributed by atoms with van der Waals surface area (Å²) in [7, 11) is 2.11. The molecule has 2 saturated heterocycles. The van der Waals surface area contributed by atoms with E-state index in [-0.39, 0.29) is 0 Å². The van der Waals surface area contributed by atoms with Crippen LogP contribution in [0.1, 0.15) is 36.9 Å². The summed E-state index contributed by atoms with van der Waals surface area (Å²) in [5, 5.41) is 12.7. The van der Waals surface area contributed by atoms with Gasteiger partial charge in [-0.15, -0.1) is 0 Å². The largest absolute Gasteiger partial charge is 0.357 e. The third-order valence-corrected chi connectivity index (χ3v) is 4.43. The smallest absolute Gasteiger partial charge is 0.130 e. The first kappa shape index (κ1) is 12.4. The van der Waals surface area contributed by atoms with E-state index in [9.17, 15) is 0 Å². The summed E-state index contributed by atoms with van der Waals surface area (Å²) < 4.78 is 0. The molecule has 3 rings (SSSR count). The van der Waals surface area contributed by atoms with Gasteiger partial charge in [0, 0.05) is 30.9 Å². The molecule has 2 unspecified atom stereocenters. The molecule has 0 radical (unpaired) electrons. The predicted octanol–water partition coefficient (Wildman–Crippen LogP) is 1.98. The molecular formula is C15H20N4. The standard InChI is InChI=1S/C15H20N4/c1-10-5-11(9-16)6-15(17-10)19(2)14-7-12-3-4-13(8-14)18-12/h5-6,12-14,18H,3-4,7-8H2,1-2H3. The Balaban J connectivity index is 1.82. The Morgan fingerprint density at radius 2 is 2.00 bits per heavy atom. The van der Waals surface area contributed by atoms with Gasteiger partial charge in [-0.05, 0) is 44.7 Å². The van der Waals surface area contributed by atoms with E-state index >= 15 is 0 Å². The van der Waals surface area contributed by atoms with Gasteiger partial charge in [-0.2, -0.15) is 5.26 Å². The van der Waals surface area contributed by atoms with Crippen molar-refractivity contribution in [3.05, 3.63) is 23.4 Å². The number of hydrogen-bond donors (Lipinski definition) is 1. The lowest BCUT2D eigenvalue weighted by Gasteiger charge is -2.36. The fourth-order valence-corrected chi connectivity index (χ4v) is 3.43. The molecule has 2 fully saturated rings. The molecule has 3 heterocycles. The Bertz CT molecular complexity index is 507. The topological polar surface area (TPSA) is 52.0 Å². The number of pyridine rings is 1. The SMILES string of the molecule is Cc1cc(C#N)cc(N(C)C2CC3CCC(C2)N3)n1. The van der Waals surface area contributed by atoms with E-state index < -0.39 is 0 Å². The van der Waals surface area contributed by atoms with Gasteiger partial charge in [-0.1, -0.05) is 0 Å². The third kappa shape index (κ3) is 2.43. The number of aromatic nitrogens is 1.